The highest BCUT2D eigenvalue weighted by molar-refractivity contribution is 9.10. The zero-order valence-electron chi connectivity index (χ0n) is 9.68. The van der Waals surface area contributed by atoms with Gasteiger partial charge in [-0.2, -0.15) is 0 Å². The molecule has 1 N–H and O–H groups in total. The minimum atomic E-state index is 0.650. The van der Waals surface area contributed by atoms with Crippen molar-refractivity contribution < 1.29 is 4.42 Å². The van der Waals surface area contributed by atoms with E-state index in [1.807, 2.05) is 32.0 Å². The summed E-state index contributed by atoms with van der Waals surface area (Å²) in [6.07, 6.45) is 1.70. The number of nitrogens with one attached hydrogen (secondary N) is 1. The minimum Gasteiger partial charge on any atom is -0.467 e. The fourth-order valence-corrected chi connectivity index (χ4v) is 2.30. The molecule has 1 aromatic carbocycles. The minimum absolute atomic E-state index is 0.650. The summed E-state index contributed by atoms with van der Waals surface area (Å²) in [6, 6.07) is 5.87. The molecule has 0 aliphatic rings. The molecule has 0 atom stereocenters. The van der Waals surface area contributed by atoms with Crippen LogP contribution < -0.4 is 5.32 Å². The van der Waals surface area contributed by atoms with E-state index in [1.165, 1.54) is 0 Å². The highest BCUT2D eigenvalue weighted by Crippen LogP contribution is 2.29. The monoisotopic (exact) mass is 313 g/mol. The summed E-state index contributed by atoms with van der Waals surface area (Å²) < 4.78 is 6.37. The van der Waals surface area contributed by atoms with Gasteiger partial charge in [-0.05, 0) is 59.1 Å². The van der Waals surface area contributed by atoms with Crippen molar-refractivity contribution in [2.24, 2.45) is 0 Å². The molecular weight excluding hydrogens is 302 g/mol. The molecule has 0 aliphatic heterocycles. The first-order valence-corrected chi connectivity index (χ1v) is 6.47. The number of hydrogen-bond acceptors (Lipinski definition) is 2. The smallest absolute Gasteiger partial charge is 0.125 e. The summed E-state index contributed by atoms with van der Waals surface area (Å²) in [5.74, 6) is 0.939. The van der Waals surface area contributed by atoms with Crippen LogP contribution in [0.3, 0.4) is 0 Å². The molecule has 0 bridgehead atoms. The molecule has 0 fully saturated rings. The Balaban J connectivity index is 2.14. The van der Waals surface area contributed by atoms with Crippen molar-refractivity contribution in [3.8, 4) is 0 Å². The Morgan fingerprint density at radius 2 is 2.06 bits per heavy atom. The number of anilines is 1. The van der Waals surface area contributed by atoms with Crippen molar-refractivity contribution in [3.05, 3.63) is 50.8 Å². The van der Waals surface area contributed by atoms with Gasteiger partial charge in [-0.15, -0.1) is 0 Å². The first kappa shape index (κ1) is 12.5. The van der Waals surface area contributed by atoms with Gasteiger partial charge in [0.2, 0.25) is 0 Å². The maximum atomic E-state index is 6.09. The van der Waals surface area contributed by atoms with Gasteiger partial charge in [0.1, 0.15) is 5.76 Å². The van der Waals surface area contributed by atoms with E-state index in [0.717, 1.165) is 32.1 Å². The van der Waals surface area contributed by atoms with Gasteiger partial charge in [0, 0.05) is 9.50 Å². The number of rotatable bonds is 3. The van der Waals surface area contributed by atoms with Crippen molar-refractivity contribution in [1.29, 1.82) is 0 Å². The van der Waals surface area contributed by atoms with E-state index in [9.17, 15) is 0 Å². The third-order valence-corrected chi connectivity index (χ3v) is 3.72. The highest BCUT2D eigenvalue weighted by Gasteiger charge is 2.06. The van der Waals surface area contributed by atoms with Crippen LogP contribution in [0.4, 0.5) is 5.69 Å². The summed E-state index contributed by atoms with van der Waals surface area (Å²) >= 11 is 9.61. The molecular formula is C13H13BrClNO. The Morgan fingerprint density at radius 3 is 2.71 bits per heavy atom. The molecule has 1 heterocycles. The lowest BCUT2D eigenvalue weighted by Gasteiger charge is -2.09. The molecule has 0 radical (unpaired) electrons. The predicted octanol–water partition coefficient (Wildman–Crippen LogP) is 4.92. The Morgan fingerprint density at radius 1 is 1.29 bits per heavy atom. The Labute approximate surface area is 114 Å². The van der Waals surface area contributed by atoms with Gasteiger partial charge in [0.05, 0.1) is 18.5 Å². The zero-order chi connectivity index (χ0) is 12.4. The van der Waals surface area contributed by atoms with E-state index >= 15 is 0 Å². The summed E-state index contributed by atoms with van der Waals surface area (Å²) in [5.41, 5.74) is 3.17. The summed E-state index contributed by atoms with van der Waals surface area (Å²) in [6.45, 7) is 4.65. The van der Waals surface area contributed by atoms with Gasteiger partial charge in [-0.3, -0.25) is 0 Å². The topological polar surface area (TPSA) is 25.2 Å². The summed E-state index contributed by atoms with van der Waals surface area (Å²) in [5, 5.41) is 4.06. The average Bonchev–Trinajstić information content (AvgIpc) is 2.68. The van der Waals surface area contributed by atoms with E-state index in [0.29, 0.717) is 6.54 Å². The quantitative estimate of drug-likeness (QED) is 0.869. The van der Waals surface area contributed by atoms with Crippen LogP contribution in [0.25, 0.3) is 0 Å². The van der Waals surface area contributed by atoms with Crippen molar-refractivity contribution in [2.75, 3.05) is 5.32 Å². The lowest BCUT2D eigenvalue weighted by molar-refractivity contribution is 0.515. The molecule has 2 aromatic rings. The molecule has 2 nitrogen and oxygen atoms in total. The molecule has 17 heavy (non-hydrogen) atoms. The van der Waals surface area contributed by atoms with Gasteiger partial charge < -0.3 is 9.73 Å². The van der Waals surface area contributed by atoms with E-state index in [4.69, 9.17) is 16.0 Å². The Hall–Kier alpha value is -0.930. The van der Waals surface area contributed by atoms with Crippen LogP contribution >= 0.6 is 27.5 Å². The molecule has 2 rings (SSSR count). The largest absolute Gasteiger partial charge is 0.467 e. The normalized spacial score (nSPS) is 10.6. The molecule has 1 aromatic heterocycles. The predicted molar refractivity (Wildman–Crippen MR) is 74.7 cm³/mol. The van der Waals surface area contributed by atoms with Crippen LogP contribution in [0.1, 0.15) is 16.9 Å². The van der Waals surface area contributed by atoms with E-state index in [2.05, 4.69) is 21.2 Å². The van der Waals surface area contributed by atoms with E-state index < -0.39 is 0 Å². The maximum Gasteiger partial charge on any atom is 0.125 e. The molecule has 0 saturated carbocycles. The highest BCUT2D eigenvalue weighted by atomic mass is 79.9. The SMILES string of the molecule is Cc1cc(Br)c(NCc2occc2C)cc1Cl. The van der Waals surface area contributed by atoms with Crippen LogP contribution in [0.2, 0.25) is 5.02 Å². The molecule has 0 unspecified atom stereocenters. The van der Waals surface area contributed by atoms with Crippen LogP contribution in [-0.4, -0.2) is 0 Å². The first-order valence-electron chi connectivity index (χ1n) is 5.30. The number of halogens is 2. The van der Waals surface area contributed by atoms with E-state index in [1.54, 1.807) is 6.26 Å². The number of hydrogen-bond donors (Lipinski definition) is 1. The van der Waals surface area contributed by atoms with Crippen molar-refractivity contribution in [1.82, 2.24) is 0 Å². The van der Waals surface area contributed by atoms with Gasteiger partial charge >= 0.3 is 0 Å². The third-order valence-electron chi connectivity index (χ3n) is 2.66. The van der Waals surface area contributed by atoms with Gasteiger partial charge in [-0.1, -0.05) is 11.6 Å². The average molecular weight is 315 g/mol. The van der Waals surface area contributed by atoms with Crippen molar-refractivity contribution >= 4 is 33.2 Å². The summed E-state index contributed by atoms with van der Waals surface area (Å²) in [4.78, 5) is 0. The molecule has 0 amide bonds. The second-order valence-corrected chi connectivity index (χ2v) is 5.22. The Kier molecular flexibility index (Phi) is 3.79. The summed E-state index contributed by atoms with van der Waals surface area (Å²) in [7, 11) is 0. The molecule has 0 spiro atoms. The molecule has 0 aliphatic carbocycles. The van der Waals surface area contributed by atoms with Crippen LogP contribution in [0.5, 0.6) is 0 Å². The molecule has 4 heteroatoms. The Bertz CT molecular complexity index is 536. The van der Waals surface area contributed by atoms with Crippen LogP contribution in [0.15, 0.2) is 33.4 Å². The van der Waals surface area contributed by atoms with Crippen molar-refractivity contribution in [2.45, 2.75) is 20.4 Å². The number of aryl methyl sites for hydroxylation is 2. The standard InChI is InChI=1S/C13H13BrClNO/c1-8-3-4-17-13(8)7-16-12-6-11(15)9(2)5-10(12)14/h3-6,16H,7H2,1-2H3. The lowest BCUT2D eigenvalue weighted by atomic mass is 10.2. The van der Waals surface area contributed by atoms with Gasteiger partial charge in [-0.25, -0.2) is 0 Å². The number of benzene rings is 1. The zero-order valence-corrected chi connectivity index (χ0v) is 12.0. The van der Waals surface area contributed by atoms with Crippen LogP contribution in [0, 0.1) is 13.8 Å². The molecule has 90 valence electrons. The lowest BCUT2D eigenvalue weighted by Crippen LogP contribution is -2.00. The second-order valence-electron chi connectivity index (χ2n) is 3.96. The fourth-order valence-electron chi connectivity index (χ4n) is 1.54. The van der Waals surface area contributed by atoms with Crippen LogP contribution in [-0.2, 0) is 6.54 Å². The van der Waals surface area contributed by atoms with Crippen molar-refractivity contribution in [3.63, 3.8) is 0 Å². The van der Waals surface area contributed by atoms with E-state index in [-0.39, 0.29) is 0 Å². The third kappa shape index (κ3) is 2.85. The first-order chi connectivity index (χ1) is 8.08. The maximum absolute atomic E-state index is 6.09. The second kappa shape index (κ2) is 5.15. The fraction of sp³-hybridized carbons (Fsp3) is 0.231. The number of furan rings is 1. The molecule has 0 saturated heterocycles. The van der Waals surface area contributed by atoms with Gasteiger partial charge in [0.25, 0.3) is 0 Å². The van der Waals surface area contributed by atoms with Gasteiger partial charge in [0.15, 0.2) is 0 Å².